The van der Waals surface area contributed by atoms with Crippen LogP contribution in [0.5, 0.6) is 11.8 Å². The smallest absolute Gasteiger partial charge is 0.320 e. The van der Waals surface area contributed by atoms with E-state index in [2.05, 4.69) is 42.2 Å². The maximum absolute atomic E-state index is 10.6. The lowest BCUT2D eigenvalue weighted by Gasteiger charge is -2.13. The fourth-order valence-corrected chi connectivity index (χ4v) is 5.32. The maximum Gasteiger partial charge on any atom is 0.320 e. The van der Waals surface area contributed by atoms with Gasteiger partial charge in [-0.15, -0.1) is 0 Å². The van der Waals surface area contributed by atoms with Crippen molar-refractivity contribution in [1.82, 2.24) is 15.0 Å². The molecule has 5 heteroatoms. The Kier molecular flexibility index (Phi) is 9.57. The van der Waals surface area contributed by atoms with Crippen molar-refractivity contribution >= 4 is 21.5 Å². The Labute approximate surface area is 237 Å². The zero-order valence-electron chi connectivity index (χ0n) is 23.5. The molecule has 0 unspecified atom stereocenters. The Morgan fingerprint density at radius 1 is 0.600 bits per heavy atom. The molecule has 0 saturated heterocycles. The van der Waals surface area contributed by atoms with Gasteiger partial charge in [0, 0.05) is 5.56 Å². The van der Waals surface area contributed by atoms with Gasteiger partial charge >= 0.3 is 6.01 Å². The number of unbranched alkanes of at least 4 members (excludes halogenated alkanes) is 9. The summed E-state index contributed by atoms with van der Waals surface area (Å²) < 4.78 is 6.12. The number of para-hydroxylation sites is 1. The van der Waals surface area contributed by atoms with Crippen LogP contribution in [0.15, 0.2) is 78.9 Å². The van der Waals surface area contributed by atoms with E-state index in [4.69, 9.17) is 14.7 Å². The molecule has 0 saturated carbocycles. The predicted molar refractivity (Wildman–Crippen MR) is 165 cm³/mol. The second-order valence-corrected chi connectivity index (χ2v) is 10.5. The summed E-state index contributed by atoms with van der Waals surface area (Å²) >= 11 is 0. The van der Waals surface area contributed by atoms with Crippen LogP contribution in [-0.2, 0) is 0 Å². The minimum Gasteiger partial charge on any atom is -0.507 e. The fourth-order valence-electron chi connectivity index (χ4n) is 5.32. The Balaban J connectivity index is 1.38. The molecule has 0 atom stereocenters. The van der Waals surface area contributed by atoms with Crippen molar-refractivity contribution < 1.29 is 9.84 Å². The number of aromatic nitrogens is 3. The molecule has 1 aromatic heterocycles. The van der Waals surface area contributed by atoms with Crippen LogP contribution < -0.4 is 4.74 Å². The predicted octanol–water partition coefficient (Wildman–Crippen LogP) is 9.52. The molecule has 0 fully saturated rings. The van der Waals surface area contributed by atoms with Gasteiger partial charge < -0.3 is 9.84 Å². The van der Waals surface area contributed by atoms with Crippen molar-refractivity contribution in [1.29, 1.82) is 0 Å². The van der Waals surface area contributed by atoms with E-state index < -0.39 is 0 Å². The quantitative estimate of drug-likeness (QED) is 0.114. The summed E-state index contributed by atoms with van der Waals surface area (Å²) in [6, 6.07) is 26.2. The van der Waals surface area contributed by atoms with Crippen LogP contribution in [0.2, 0.25) is 0 Å². The molecule has 0 radical (unpaired) electrons. The number of rotatable bonds is 14. The van der Waals surface area contributed by atoms with Gasteiger partial charge in [0.2, 0.25) is 0 Å². The molecule has 0 bridgehead atoms. The van der Waals surface area contributed by atoms with Gasteiger partial charge in [-0.3, -0.25) is 0 Å². The maximum atomic E-state index is 10.6. The summed E-state index contributed by atoms with van der Waals surface area (Å²) in [5, 5.41) is 15.0. The first-order valence-corrected chi connectivity index (χ1v) is 14.8. The third kappa shape index (κ3) is 6.77. The number of phenolic OH excluding ortho intramolecular Hbond substituents is 1. The van der Waals surface area contributed by atoms with Gasteiger partial charge in [-0.05, 0) is 46.2 Å². The first-order valence-electron chi connectivity index (χ1n) is 14.8. The van der Waals surface area contributed by atoms with Crippen molar-refractivity contribution in [3.63, 3.8) is 0 Å². The van der Waals surface area contributed by atoms with Crippen molar-refractivity contribution in [2.75, 3.05) is 6.61 Å². The van der Waals surface area contributed by atoms with E-state index >= 15 is 0 Å². The molecular formula is C35H39N3O2. The number of ether oxygens (including phenoxy) is 1. The number of aromatic hydroxyl groups is 1. The second-order valence-electron chi connectivity index (χ2n) is 10.5. The summed E-state index contributed by atoms with van der Waals surface area (Å²) in [6.45, 7) is 2.81. The van der Waals surface area contributed by atoms with E-state index in [-0.39, 0.29) is 11.8 Å². The SMILES string of the molecule is CCCCCCCCCCCCOc1nc(-c2ccccc2O)nc(-c2c3ccccc3cc3ccccc23)n1. The molecular weight excluding hydrogens is 494 g/mol. The van der Waals surface area contributed by atoms with E-state index in [1.807, 2.05) is 36.4 Å². The lowest BCUT2D eigenvalue weighted by atomic mass is 9.96. The minimum atomic E-state index is 0.128. The molecule has 0 aliphatic heterocycles. The van der Waals surface area contributed by atoms with E-state index in [9.17, 15) is 5.11 Å². The molecule has 5 rings (SSSR count). The van der Waals surface area contributed by atoms with Gasteiger partial charge in [0.15, 0.2) is 11.6 Å². The van der Waals surface area contributed by atoms with Crippen LogP contribution in [0.3, 0.4) is 0 Å². The number of fused-ring (bicyclic) bond motifs is 2. The summed E-state index contributed by atoms with van der Waals surface area (Å²) in [4.78, 5) is 14.3. The largest absolute Gasteiger partial charge is 0.507 e. The van der Waals surface area contributed by atoms with Gasteiger partial charge in [-0.25, -0.2) is 4.98 Å². The van der Waals surface area contributed by atoms with Gasteiger partial charge in [0.05, 0.1) is 12.2 Å². The summed E-state index contributed by atoms with van der Waals surface area (Å²) in [6.07, 6.45) is 12.7. The van der Waals surface area contributed by atoms with Gasteiger partial charge in [-0.1, -0.05) is 125 Å². The number of benzene rings is 4. The van der Waals surface area contributed by atoms with Crippen molar-refractivity contribution in [3.05, 3.63) is 78.9 Å². The topological polar surface area (TPSA) is 68.1 Å². The molecule has 0 aliphatic carbocycles. The lowest BCUT2D eigenvalue weighted by Crippen LogP contribution is -2.05. The molecule has 1 heterocycles. The molecule has 5 aromatic rings. The fraction of sp³-hybridized carbons (Fsp3) is 0.343. The number of phenols is 1. The third-order valence-electron chi connectivity index (χ3n) is 7.48. The van der Waals surface area contributed by atoms with Gasteiger partial charge in [0.1, 0.15) is 5.75 Å². The standard InChI is InChI=1S/C35H39N3O2/c1-2-3-4-5-6-7-8-9-10-17-24-40-35-37-33(30-22-15-16-23-31(30)39)36-34(38-35)32-28-20-13-11-18-26(28)25-27-19-12-14-21-29(27)32/h11-16,18-23,25,39H,2-10,17,24H2,1H3. The lowest BCUT2D eigenvalue weighted by molar-refractivity contribution is 0.281. The first kappa shape index (κ1) is 27.6. The first-order chi connectivity index (χ1) is 19.7. The summed E-state index contributed by atoms with van der Waals surface area (Å²) in [7, 11) is 0. The van der Waals surface area contributed by atoms with Crippen molar-refractivity contribution in [2.45, 2.75) is 71.1 Å². The highest BCUT2D eigenvalue weighted by atomic mass is 16.5. The van der Waals surface area contributed by atoms with Gasteiger partial charge in [0.25, 0.3) is 0 Å². The highest BCUT2D eigenvalue weighted by Crippen LogP contribution is 2.36. The molecule has 0 aliphatic rings. The number of nitrogens with zero attached hydrogens (tertiary/aromatic N) is 3. The highest BCUT2D eigenvalue weighted by molar-refractivity contribution is 6.11. The van der Waals surface area contributed by atoms with Crippen LogP contribution in [0, 0.1) is 0 Å². The van der Waals surface area contributed by atoms with Gasteiger partial charge in [-0.2, -0.15) is 9.97 Å². The Morgan fingerprint density at radius 2 is 1.15 bits per heavy atom. The van der Waals surface area contributed by atoms with Crippen LogP contribution in [-0.4, -0.2) is 26.7 Å². The van der Waals surface area contributed by atoms with Crippen molar-refractivity contribution in [2.24, 2.45) is 0 Å². The Bertz CT molecular complexity index is 1500. The number of hydrogen-bond donors (Lipinski definition) is 1. The molecule has 4 aromatic carbocycles. The normalized spacial score (nSPS) is 11.3. The van der Waals surface area contributed by atoms with Crippen LogP contribution in [0.25, 0.3) is 44.3 Å². The van der Waals surface area contributed by atoms with Crippen molar-refractivity contribution in [3.8, 4) is 34.5 Å². The number of hydrogen-bond acceptors (Lipinski definition) is 5. The Hall–Kier alpha value is -3.99. The zero-order chi connectivity index (χ0) is 27.6. The average Bonchev–Trinajstić information content (AvgIpc) is 2.98. The molecule has 206 valence electrons. The summed E-state index contributed by atoms with van der Waals surface area (Å²) in [5.41, 5.74) is 1.50. The molecule has 1 N–H and O–H groups in total. The third-order valence-corrected chi connectivity index (χ3v) is 7.48. The molecule has 0 amide bonds. The minimum absolute atomic E-state index is 0.128. The van der Waals surface area contributed by atoms with Crippen LogP contribution >= 0.6 is 0 Å². The average molecular weight is 534 g/mol. The molecule has 0 spiro atoms. The second kappa shape index (κ2) is 13.9. The van der Waals surface area contributed by atoms with Crippen LogP contribution in [0.1, 0.15) is 71.1 Å². The van der Waals surface area contributed by atoms with E-state index in [1.54, 1.807) is 12.1 Å². The van der Waals surface area contributed by atoms with E-state index in [1.165, 1.54) is 51.4 Å². The summed E-state index contributed by atoms with van der Waals surface area (Å²) in [5.74, 6) is 1.07. The van der Waals surface area contributed by atoms with E-state index in [0.717, 1.165) is 39.9 Å². The highest BCUT2D eigenvalue weighted by Gasteiger charge is 2.18. The van der Waals surface area contributed by atoms with Crippen LogP contribution in [0.4, 0.5) is 0 Å². The Morgan fingerprint density at radius 3 is 1.80 bits per heavy atom. The zero-order valence-corrected chi connectivity index (χ0v) is 23.5. The molecule has 40 heavy (non-hydrogen) atoms. The monoisotopic (exact) mass is 533 g/mol. The molecule has 5 nitrogen and oxygen atoms in total. The van der Waals surface area contributed by atoms with E-state index in [0.29, 0.717) is 23.8 Å².